The van der Waals surface area contributed by atoms with Gasteiger partial charge >= 0.3 is 0 Å². The average molecular weight is 268 g/mol. The molecule has 1 amide bonds. The predicted molar refractivity (Wildman–Crippen MR) is 73.7 cm³/mol. The Morgan fingerprint density at radius 2 is 2.17 bits per heavy atom. The molecule has 0 radical (unpaired) electrons. The first-order chi connectivity index (χ1) is 8.52. The summed E-state index contributed by atoms with van der Waals surface area (Å²) in [5.74, 6) is -0.585. The molecule has 0 aliphatic carbocycles. The number of amides is 1. The molecule has 1 atom stereocenters. The molecule has 3 N–H and O–H groups in total. The molecule has 0 saturated carbocycles. The number of rotatable bonds is 6. The number of thiocarbonyl (C=S) groups is 1. The molecule has 0 heterocycles. The summed E-state index contributed by atoms with van der Waals surface area (Å²) in [4.78, 5) is 12.1. The highest BCUT2D eigenvalue weighted by Crippen LogP contribution is 2.07. The third-order valence-corrected chi connectivity index (χ3v) is 2.78. The third-order valence-electron chi connectivity index (χ3n) is 2.61. The van der Waals surface area contributed by atoms with Gasteiger partial charge in [-0.3, -0.25) is 4.79 Å². The lowest BCUT2D eigenvalue weighted by Crippen LogP contribution is -2.38. The molecule has 1 aromatic rings. The Bertz CT molecular complexity index is 437. The largest absolute Gasteiger partial charge is 0.393 e. The molecule has 0 aliphatic rings. The molecule has 0 fully saturated rings. The Balaban J connectivity index is 2.55. The van der Waals surface area contributed by atoms with Crippen LogP contribution in [0.15, 0.2) is 24.3 Å². The molecule has 18 heavy (non-hydrogen) atoms. The average Bonchev–Trinajstić information content (AvgIpc) is 2.30. The number of nitrogens with one attached hydrogen (secondary N) is 1. The van der Waals surface area contributed by atoms with E-state index in [0.29, 0.717) is 17.0 Å². The van der Waals surface area contributed by atoms with Gasteiger partial charge in [0.25, 0.3) is 0 Å². The van der Waals surface area contributed by atoms with E-state index >= 15 is 0 Å². The molecule has 98 valence electrons. The van der Waals surface area contributed by atoms with E-state index in [4.69, 9.17) is 18.0 Å². The van der Waals surface area contributed by atoms with Gasteiger partial charge in [-0.05, 0) is 18.1 Å². The highest BCUT2D eigenvalue weighted by atomic mass is 32.1. The van der Waals surface area contributed by atoms with Crippen LogP contribution in [-0.2, 0) is 11.2 Å². The number of hydrogen-bond acceptors (Lipinski definition) is 2. The van der Waals surface area contributed by atoms with Gasteiger partial charge in [0.15, 0.2) is 0 Å². The molecule has 5 heteroatoms. The first kappa shape index (κ1) is 14.6. The maximum Gasteiger partial charge on any atom is 0.224 e. The summed E-state index contributed by atoms with van der Waals surface area (Å²) in [6.07, 6.45) is 1.23. The van der Waals surface area contributed by atoms with E-state index < -0.39 is 0 Å². The van der Waals surface area contributed by atoms with Gasteiger partial charge in [0.1, 0.15) is 5.82 Å². The van der Waals surface area contributed by atoms with Crippen molar-refractivity contribution in [3.8, 4) is 0 Å². The minimum atomic E-state index is -0.366. The summed E-state index contributed by atoms with van der Waals surface area (Å²) in [6.45, 7) is 1.94. The summed E-state index contributed by atoms with van der Waals surface area (Å²) >= 11 is 4.81. The third kappa shape index (κ3) is 4.79. The molecular weight excluding hydrogens is 251 g/mol. The lowest BCUT2D eigenvalue weighted by atomic mass is 10.1. The quantitative estimate of drug-likeness (QED) is 0.775. The van der Waals surface area contributed by atoms with Crippen LogP contribution in [-0.4, -0.2) is 16.9 Å². The molecule has 1 rings (SSSR count). The van der Waals surface area contributed by atoms with Crippen molar-refractivity contribution in [1.29, 1.82) is 0 Å². The highest BCUT2D eigenvalue weighted by molar-refractivity contribution is 7.80. The number of nitrogens with two attached hydrogens (primary N) is 1. The van der Waals surface area contributed by atoms with Crippen LogP contribution in [0, 0.1) is 5.82 Å². The second-order valence-electron chi connectivity index (χ2n) is 4.11. The van der Waals surface area contributed by atoms with Crippen LogP contribution >= 0.6 is 12.2 Å². The lowest BCUT2D eigenvalue weighted by Gasteiger charge is -2.16. The van der Waals surface area contributed by atoms with Crippen molar-refractivity contribution < 1.29 is 9.18 Å². The first-order valence-electron chi connectivity index (χ1n) is 5.84. The van der Waals surface area contributed by atoms with Crippen molar-refractivity contribution in [3.05, 3.63) is 35.6 Å². The zero-order chi connectivity index (χ0) is 13.5. The molecule has 1 unspecified atom stereocenters. The summed E-state index contributed by atoms with van der Waals surface area (Å²) < 4.78 is 13.4. The maximum absolute atomic E-state index is 13.4. The lowest BCUT2D eigenvalue weighted by molar-refractivity contribution is -0.121. The van der Waals surface area contributed by atoms with Crippen LogP contribution in [0.2, 0.25) is 0 Å². The van der Waals surface area contributed by atoms with Crippen molar-refractivity contribution in [2.24, 2.45) is 5.73 Å². The fourth-order valence-corrected chi connectivity index (χ4v) is 1.83. The van der Waals surface area contributed by atoms with Gasteiger partial charge in [0.05, 0.1) is 11.4 Å². The standard InChI is InChI=1S/C13H17FN2OS/c1-2-10(8-12(15)18)16-13(17)7-9-5-3-4-6-11(9)14/h3-6,10H,2,7-8H2,1H3,(H2,15,18)(H,16,17). The van der Waals surface area contributed by atoms with Gasteiger partial charge in [-0.25, -0.2) is 4.39 Å². The topological polar surface area (TPSA) is 55.1 Å². The fourth-order valence-electron chi connectivity index (χ4n) is 1.63. The Labute approximate surface area is 112 Å². The minimum Gasteiger partial charge on any atom is -0.393 e. The van der Waals surface area contributed by atoms with E-state index in [9.17, 15) is 9.18 Å². The van der Waals surface area contributed by atoms with Crippen molar-refractivity contribution >= 4 is 23.1 Å². The maximum atomic E-state index is 13.4. The SMILES string of the molecule is CCC(CC(N)=S)NC(=O)Cc1ccccc1F. The Hall–Kier alpha value is -1.49. The number of hydrogen-bond donors (Lipinski definition) is 2. The predicted octanol–water partition coefficient (Wildman–Crippen LogP) is 1.94. The molecule has 3 nitrogen and oxygen atoms in total. The molecule has 0 spiro atoms. The Morgan fingerprint density at radius 1 is 1.50 bits per heavy atom. The van der Waals surface area contributed by atoms with Crippen LogP contribution in [0.4, 0.5) is 4.39 Å². The van der Waals surface area contributed by atoms with E-state index in [2.05, 4.69) is 5.32 Å². The number of carbonyl (C=O) groups is 1. The second kappa shape index (κ2) is 7.06. The van der Waals surface area contributed by atoms with E-state index in [0.717, 1.165) is 6.42 Å². The normalized spacial score (nSPS) is 11.9. The van der Waals surface area contributed by atoms with E-state index in [1.54, 1.807) is 18.2 Å². The van der Waals surface area contributed by atoms with Crippen LogP contribution in [0.1, 0.15) is 25.3 Å². The van der Waals surface area contributed by atoms with Gasteiger partial charge < -0.3 is 11.1 Å². The second-order valence-corrected chi connectivity index (χ2v) is 4.64. The first-order valence-corrected chi connectivity index (χ1v) is 6.24. The van der Waals surface area contributed by atoms with Crippen molar-refractivity contribution in [1.82, 2.24) is 5.32 Å². The van der Waals surface area contributed by atoms with E-state index in [1.165, 1.54) is 6.07 Å². The zero-order valence-corrected chi connectivity index (χ0v) is 11.1. The fraction of sp³-hybridized carbons (Fsp3) is 0.385. The van der Waals surface area contributed by atoms with Gasteiger partial charge in [0, 0.05) is 12.5 Å². The van der Waals surface area contributed by atoms with Crippen molar-refractivity contribution in [2.45, 2.75) is 32.2 Å². The highest BCUT2D eigenvalue weighted by Gasteiger charge is 2.13. The van der Waals surface area contributed by atoms with Gasteiger partial charge in [-0.1, -0.05) is 37.3 Å². The van der Waals surface area contributed by atoms with Gasteiger partial charge in [0.2, 0.25) is 5.91 Å². The monoisotopic (exact) mass is 268 g/mol. The molecule has 0 aromatic heterocycles. The molecule has 0 saturated heterocycles. The molecule has 0 aliphatic heterocycles. The molecular formula is C13H17FN2OS. The summed E-state index contributed by atoms with van der Waals surface area (Å²) in [5.41, 5.74) is 5.83. The minimum absolute atomic E-state index is 0.0283. The molecule has 1 aromatic carbocycles. The summed E-state index contributed by atoms with van der Waals surface area (Å²) in [5, 5.41) is 2.80. The van der Waals surface area contributed by atoms with Gasteiger partial charge in [-0.15, -0.1) is 0 Å². The number of halogens is 1. The zero-order valence-electron chi connectivity index (χ0n) is 10.3. The summed E-state index contributed by atoms with van der Waals surface area (Å²) in [6, 6.07) is 6.16. The van der Waals surface area contributed by atoms with E-state index in [-0.39, 0.29) is 24.2 Å². The van der Waals surface area contributed by atoms with Crippen molar-refractivity contribution in [3.63, 3.8) is 0 Å². The number of carbonyl (C=O) groups excluding carboxylic acids is 1. The van der Waals surface area contributed by atoms with Crippen LogP contribution < -0.4 is 11.1 Å². The van der Waals surface area contributed by atoms with Crippen LogP contribution in [0.5, 0.6) is 0 Å². The molecule has 0 bridgehead atoms. The Kier molecular flexibility index (Phi) is 5.71. The smallest absolute Gasteiger partial charge is 0.224 e. The van der Waals surface area contributed by atoms with Gasteiger partial charge in [-0.2, -0.15) is 0 Å². The number of benzene rings is 1. The van der Waals surface area contributed by atoms with Crippen LogP contribution in [0.3, 0.4) is 0 Å². The summed E-state index contributed by atoms with van der Waals surface area (Å²) in [7, 11) is 0. The van der Waals surface area contributed by atoms with Crippen molar-refractivity contribution in [2.75, 3.05) is 0 Å². The van der Waals surface area contributed by atoms with Crippen LogP contribution in [0.25, 0.3) is 0 Å². The van der Waals surface area contributed by atoms with E-state index in [1.807, 2.05) is 6.92 Å². The Morgan fingerprint density at radius 3 is 2.72 bits per heavy atom.